The molecule has 3 rings (SSSR count). The van der Waals surface area contributed by atoms with Crippen LogP contribution in [0.15, 0.2) is 0 Å². The van der Waals surface area contributed by atoms with E-state index in [2.05, 4.69) is 0 Å². The van der Waals surface area contributed by atoms with Crippen molar-refractivity contribution in [2.75, 3.05) is 0 Å². The minimum atomic E-state index is -0.537. The van der Waals surface area contributed by atoms with Gasteiger partial charge in [-0.25, -0.2) is 0 Å². The summed E-state index contributed by atoms with van der Waals surface area (Å²) >= 11 is 0. The number of esters is 1. The van der Waals surface area contributed by atoms with Gasteiger partial charge in [-0.15, -0.1) is 0 Å². The second-order valence-corrected chi connectivity index (χ2v) is 6.79. The van der Waals surface area contributed by atoms with E-state index in [-0.39, 0.29) is 17.9 Å². The Kier molecular flexibility index (Phi) is 2.95. The van der Waals surface area contributed by atoms with Crippen LogP contribution in [-0.2, 0) is 19.0 Å². The number of fused-ring (bicyclic) bond motifs is 1. The number of carbonyl (C=O) groups is 1. The fourth-order valence-corrected chi connectivity index (χ4v) is 3.26. The maximum Gasteiger partial charge on any atom is 0.311 e. The Morgan fingerprint density at radius 2 is 1.84 bits per heavy atom. The molecule has 4 heteroatoms. The van der Waals surface area contributed by atoms with Gasteiger partial charge in [-0.2, -0.15) is 0 Å². The zero-order chi connectivity index (χ0) is 13.7. The average Bonchev–Trinajstić information content (AvgIpc) is 3.15. The summed E-state index contributed by atoms with van der Waals surface area (Å²) in [6.07, 6.45) is 7.20. The summed E-state index contributed by atoms with van der Waals surface area (Å²) in [5.74, 6) is -0.948. The van der Waals surface area contributed by atoms with Gasteiger partial charge in [0.1, 0.15) is 6.10 Å². The van der Waals surface area contributed by atoms with Crippen molar-refractivity contribution in [3.8, 4) is 0 Å². The molecule has 2 saturated heterocycles. The number of hydrogen-bond acceptors (Lipinski definition) is 4. The minimum Gasteiger partial charge on any atom is -0.462 e. The van der Waals surface area contributed by atoms with Crippen molar-refractivity contribution in [1.82, 2.24) is 0 Å². The van der Waals surface area contributed by atoms with Crippen molar-refractivity contribution in [3.05, 3.63) is 0 Å². The van der Waals surface area contributed by atoms with Crippen molar-refractivity contribution in [1.29, 1.82) is 0 Å². The molecule has 3 fully saturated rings. The highest BCUT2D eigenvalue weighted by atomic mass is 17.0. The molecule has 0 amide bonds. The quantitative estimate of drug-likeness (QED) is 0.568. The van der Waals surface area contributed by atoms with Gasteiger partial charge in [0.25, 0.3) is 0 Å². The lowest BCUT2D eigenvalue weighted by Crippen LogP contribution is -2.33. The van der Waals surface area contributed by atoms with Crippen molar-refractivity contribution >= 4 is 5.97 Å². The Balaban J connectivity index is 1.53. The van der Waals surface area contributed by atoms with E-state index >= 15 is 0 Å². The zero-order valence-corrected chi connectivity index (χ0v) is 12.2. The highest BCUT2D eigenvalue weighted by Gasteiger charge is 2.90. The van der Waals surface area contributed by atoms with Crippen LogP contribution in [-0.4, -0.2) is 23.6 Å². The smallest absolute Gasteiger partial charge is 0.311 e. The largest absolute Gasteiger partial charge is 0.462 e. The number of epoxide rings is 2. The summed E-state index contributed by atoms with van der Waals surface area (Å²) in [4.78, 5) is 12.3. The van der Waals surface area contributed by atoms with Gasteiger partial charge >= 0.3 is 5.97 Å². The summed E-state index contributed by atoms with van der Waals surface area (Å²) in [6.45, 7) is 5.90. The molecule has 1 saturated carbocycles. The van der Waals surface area contributed by atoms with Crippen LogP contribution in [0.4, 0.5) is 0 Å². The molecule has 0 aromatic rings. The highest BCUT2D eigenvalue weighted by Crippen LogP contribution is 2.72. The minimum absolute atomic E-state index is 0.107. The van der Waals surface area contributed by atoms with Crippen LogP contribution in [0.5, 0.6) is 0 Å². The van der Waals surface area contributed by atoms with E-state index < -0.39 is 11.2 Å². The molecule has 0 aromatic carbocycles. The van der Waals surface area contributed by atoms with E-state index in [0.29, 0.717) is 6.42 Å². The molecule has 0 aromatic heterocycles. The first-order chi connectivity index (χ1) is 8.93. The normalized spacial score (nSPS) is 37.6. The summed E-state index contributed by atoms with van der Waals surface area (Å²) in [6, 6.07) is 0. The molecule has 2 heterocycles. The standard InChI is InChI=1S/C15H24O4/c1-4-14-15(18-14,19-14)10-13(2,3)12(16)17-11-8-6-5-7-9-11/h11H,4-10H2,1-3H3. The van der Waals surface area contributed by atoms with Gasteiger partial charge in [0.15, 0.2) is 0 Å². The second-order valence-electron chi connectivity index (χ2n) is 6.79. The topological polar surface area (TPSA) is 51.4 Å². The molecule has 0 radical (unpaired) electrons. The molecule has 0 unspecified atom stereocenters. The van der Waals surface area contributed by atoms with Crippen LogP contribution in [0.1, 0.15) is 65.7 Å². The number of hydrogen-bond donors (Lipinski definition) is 0. The molecule has 0 bridgehead atoms. The summed E-state index contributed by atoms with van der Waals surface area (Å²) in [7, 11) is 0. The van der Waals surface area contributed by atoms with Gasteiger partial charge in [-0.1, -0.05) is 13.3 Å². The van der Waals surface area contributed by atoms with E-state index in [1.165, 1.54) is 19.3 Å². The lowest BCUT2D eigenvalue weighted by atomic mass is 9.86. The Morgan fingerprint density at radius 3 is 2.37 bits per heavy atom. The Bertz CT molecular complexity index is 376. The van der Waals surface area contributed by atoms with Gasteiger partial charge in [0, 0.05) is 12.8 Å². The van der Waals surface area contributed by atoms with Gasteiger partial charge in [0.2, 0.25) is 11.6 Å². The Hall–Kier alpha value is -0.610. The summed E-state index contributed by atoms with van der Waals surface area (Å²) < 4.78 is 16.8. The van der Waals surface area contributed by atoms with Crippen molar-refractivity contribution in [2.24, 2.45) is 5.41 Å². The average molecular weight is 268 g/mol. The van der Waals surface area contributed by atoms with Crippen LogP contribution in [0.25, 0.3) is 0 Å². The number of carbonyl (C=O) groups excluding carboxylic acids is 1. The molecule has 4 nitrogen and oxygen atoms in total. The molecule has 2 aliphatic heterocycles. The fraction of sp³-hybridized carbons (Fsp3) is 0.933. The Labute approximate surface area is 114 Å². The van der Waals surface area contributed by atoms with Crippen LogP contribution >= 0.6 is 0 Å². The van der Waals surface area contributed by atoms with Crippen molar-refractivity contribution < 1.29 is 19.0 Å². The predicted octanol–water partition coefficient (Wildman–Crippen LogP) is 3.14. The van der Waals surface area contributed by atoms with Crippen LogP contribution < -0.4 is 0 Å². The van der Waals surface area contributed by atoms with E-state index in [1.54, 1.807) is 0 Å². The molecule has 19 heavy (non-hydrogen) atoms. The molecule has 108 valence electrons. The maximum atomic E-state index is 12.3. The van der Waals surface area contributed by atoms with Crippen LogP contribution in [0.2, 0.25) is 0 Å². The highest BCUT2D eigenvalue weighted by molar-refractivity contribution is 5.76. The zero-order valence-electron chi connectivity index (χ0n) is 12.2. The molecule has 0 spiro atoms. The lowest BCUT2D eigenvalue weighted by Gasteiger charge is -2.28. The first-order valence-corrected chi connectivity index (χ1v) is 7.54. The third-order valence-electron chi connectivity index (χ3n) is 4.68. The van der Waals surface area contributed by atoms with Gasteiger partial charge in [-0.3, -0.25) is 4.79 Å². The third kappa shape index (κ3) is 2.19. The van der Waals surface area contributed by atoms with Gasteiger partial charge in [-0.05, 0) is 39.5 Å². The first-order valence-electron chi connectivity index (χ1n) is 7.54. The Morgan fingerprint density at radius 1 is 1.21 bits per heavy atom. The molecule has 0 N–H and O–H groups in total. The van der Waals surface area contributed by atoms with Crippen LogP contribution in [0.3, 0.4) is 0 Å². The monoisotopic (exact) mass is 268 g/mol. The molecular weight excluding hydrogens is 244 g/mol. The lowest BCUT2D eigenvalue weighted by molar-refractivity contribution is -0.167. The van der Waals surface area contributed by atoms with Crippen molar-refractivity contribution in [2.45, 2.75) is 83.4 Å². The van der Waals surface area contributed by atoms with E-state index in [1.807, 2.05) is 20.8 Å². The SMILES string of the molecule is CCC12OC1(CC(C)(C)C(=O)OC1CCCCC1)O2. The third-order valence-corrected chi connectivity index (χ3v) is 4.68. The van der Waals surface area contributed by atoms with Crippen LogP contribution in [0, 0.1) is 5.41 Å². The molecule has 1 aliphatic carbocycles. The van der Waals surface area contributed by atoms with Gasteiger partial charge < -0.3 is 14.2 Å². The first kappa shape index (κ1) is 13.4. The second kappa shape index (κ2) is 4.19. The van der Waals surface area contributed by atoms with E-state index in [0.717, 1.165) is 19.3 Å². The predicted molar refractivity (Wildman–Crippen MR) is 69.3 cm³/mol. The number of ether oxygens (including phenoxy) is 3. The van der Waals surface area contributed by atoms with Gasteiger partial charge in [0.05, 0.1) is 5.41 Å². The fourth-order valence-electron chi connectivity index (χ4n) is 3.26. The maximum absolute atomic E-state index is 12.3. The molecule has 3 aliphatic rings. The van der Waals surface area contributed by atoms with E-state index in [9.17, 15) is 4.79 Å². The van der Waals surface area contributed by atoms with E-state index in [4.69, 9.17) is 14.2 Å². The van der Waals surface area contributed by atoms with Crippen molar-refractivity contribution in [3.63, 3.8) is 0 Å². The summed E-state index contributed by atoms with van der Waals surface area (Å²) in [5, 5.41) is 0. The number of rotatable bonds is 5. The molecular formula is C15H24O4. The molecule has 0 atom stereocenters. The summed E-state index contributed by atoms with van der Waals surface area (Å²) in [5.41, 5.74) is -0.537.